The van der Waals surface area contributed by atoms with Crippen LogP contribution in [-0.4, -0.2) is 36.3 Å². The molecule has 6 heteroatoms. The predicted molar refractivity (Wildman–Crippen MR) is 85.7 cm³/mol. The molecule has 1 N–H and O–H groups in total. The Morgan fingerprint density at radius 3 is 2.52 bits per heavy atom. The molecule has 0 bridgehead atoms. The van der Waals surface area contributed by atoms with Gasteiger partial charge in [-0.15, -0.1) is 0 Å². The number of amides is 2. The molecule has 0 saturated carbocycles. The van der Waals surface area contributed by atoms with Crippen molar-refractivity contribution in [1.82, 2.24) is 10.2 Å². The van der Waals surface area contributed by atoms with Crippen LogP contribution >= 0.6 is 23.2 Å². The van der Waals surface area contributed by atoms with Gasteiger partial charge in [-0.1, -0.05) is 36.2 Å². The molecule has 0 spiro atoms. The highest BCUT2D eigenvalue weighted by Crippen LogP contribution is 2.21. The molecule has 1 rings (SSSR count). The van der Waals surface area contributed by atoms with Crippen molar-refractivity contribution in [3.8, 4) is 0 Å². The molecular weight excluding hydrogens is 311 g/mol. The van der Waals surface area contributed by atoms with Crippen molar-refractivity contribution in [3.63, 3.8) is 0 Å². The maximum Gasteiger partial charge on any atom is 0.219 e. The van der Waals surface area contributed by atoms with Gasteiger partial charge in [0.2, 0.25) is 11.8 Å². The van der Waals surface area contributed by atoms with Crippen LogP contribution in [0.15, 0.2) is 18.2 Å². The van der Waals surface area contributed by atoms with Crippen LogP contribution in [0, 0.1) is 0 Å². The van der Waals surface area contributed by atoms with Crippen LogP contribution in [0.4, 0.5) is 0 Å². The summed E-state index contributed by atoms with van der Waals surface area (Å²) in [6, 6.07) is 5.34. The van der Waals surface area contributed by atoms with Gasteiger partial charge in [0.25, 0.3) is 0 Å². The van der Waals surface area contributed by atoms with E-state index in [0.29, 0.717) is 42.5 Å². The fourth-order valence-corrected chi connectivity index (χ4v) is 2.36. The summed E-state index contributed by atoms with van der Waals surface area (Å²) in [5.41, 5.74) is 0.949. The molecule has 2 amide bonds. The Kier molecular flexibility index (Phi) is 7.54. The lowest BCUT2D eigenvalue weighted by Crippen LogP contribution is -2.38. The average Bonchev–Trinajstić information content (AvgIpc) is 2.43. The summed E-state index contributed by atoms with van der Waals surface area (Å²) < 4.78 is 0. The van der Waals surface area contributed by atoms with E-state index < -0.39 is 0 Å². The Morgan fingerprint density at radius 1 is 1.24 bits per heavy atom. The maximum absolute atomic E-state index is 11.6. The van der Waals surface area contributed by atoms with Gasteiger partial charge in [0, 0.05) is 43.0 Å². The van der Waals surface area contributed by atoms with E-state index in [2.05, 4.69) is 5.32 Å². The van der Waals surface area contributed by atoms with E-state index >= 15 is 0 Å². The molecule has 0 aliphatic heterocycles. The minimum atomic E-state index is -0.0224. The van der Waals surface area contributed by atoms with E-state index in [1.54, 1.807) is 24.0 Å². The average molecular weight is 331 g/mol. The van der Waals surface area contributed by atoms with Crippen LogP contribution in [0.3, 0.4) is 0 Å². The Labute approximate surface area is 135 Å². The number of hydrogen-bond acceptors (Lipinski definition) is 2. The quantitative estimate of drug-likeness (QED) is 0.835. The zero-order valence-electron chi connectivity index (χ0n) is 12.3. The molecule has 21 heavy (non-hydrogen) atoms. The molecule has 0 atom stereocenters. The van der Waals surface area contributed by atoms with Crippen LogP contribution in [0.2, 0.25) is 10.0 Å². The lowest BCUT2D eigenvalue weighted by molar-refractivity contribution is -0.129. The summed E-state index contributed by atoms with van der Waals surface area (Å²) >= 11 is 12.0. The van der Waals surface area contributed by atoms with Crippen LogP contribution in [-0.2, 0) is 16.0 Å². The van der Waals surface area contributed by atoms with E-state index in [9.17, 15) is 9.59 Å². The molecule has 0 saturated heterocycles. The Bertz CT molecular complexity index is 506. The SMILES string of the molecule is CCC(=O)NCCN(CCc1ccc(Cl)cc1Cl)C(C)=O. The third kappa shape index (κ3) is 6.36. The molecule has 0 heterocycles. The number of nitrogens with zero attached hydrogens (tertiary/aromatic N) is 1. The van der Waals surface area contributed by atoms with Gasteiger partial charge in [-0.2, -0.15) is 0 Å². The lowest BCUT2D eigenvalue weighted by atomic mass is 10.1. The normalized spacial score (nSPS) is 10.3. The van der Waals surface area contributed by atoms with Crippen molar-refractivity contribution >= 4 is 35.0 Å². The number of carbonyl (C=O) groups excluding carboxylic acids is 2. The van der Waals surface area contributed by atoms with Gasteiger partial charge in [0.15, 0.2) is 0 Å². The van der Waals surface area contributed by atoms with Gasteiger partial charge >= 0.3 is 0 Å². The second-order valence-electron chi connectivity index (χ2n) is 4.70. The highest BCUT2D eigenvalue weighted by molar-refractivity contribution is 6.35. The van der Waals surface area contributed by atoms with Crippen molar-refractivity contribution in [2.24, 2.45) is 0 Å². The molecule has 0 aromatic heterocycles. The van der Waals surface area contributed by atoms with E-state index in [-0.39, 0.29) is 11.8 Å². The molecule has 1 aromatic rings. The zero-order valence-corrected chi connectivity index (χ0v) is 13.8. The van der Waals surface area contributed by atoms with Crippen molar-refractivity contribution in [3.05, 3.63) is 33.8 Å². The fourth-order valence-electron chi connectivity index (χ4n) is 1.86. The summed E-state index contributed by atoms with van der Waals surface area (Å²) in [6.07, 6.45) is 1.10. The Balaban J connectivity index is 2.51. The van der Waals surface area contributed by atoms with Gasteiger partial charge in [0.1, 0.15) is 0 Å². The number of rotatable bonds is 7. The van der Waals surface area contributed by atoms with Crippen molar-refractivity contribution in [1.29, 1.82) is 0 Å². The summed E-state index contributed by atoms with van der Waals surface area (Å²) in [4.78, 5) is 24.5. The maximum atomic E-state index is 11.6. The van der Waals surface area contributed by atoms with E-state index in [1.165, 1.54) is 6.92 Å². The fraction of sp³-hybridized carbons (Fsp3) is 0.467. The summed E-state index contributed by atoms with van der Waals surface area (Å²) in [5.74, 6) is -0.0370. The second-order valence-corrected chi connectivity index (χ2v) is 5.54. The van der Waals surface area contributed by atoms with Crippen molar-refractivity contribution < 1.29 is 9.59 Å². The van der Waals surface area contributed by atoms with Gasteiger partial charge in [-0.3, -0.25) is 9.59 Å². The third-order valence-electron chi connectivity index (χ3n) is 3.14. The minimum Gasteiger partial charge on any atom is -0.354 e. The number of halogens is 2. The molecule has 116 valence electrons. The number of carbonyl (C=O) groups is 2. The first kappa shape index (κ1) is 17.8. The highest BCUT2D eigenvalue weighted by atomic mass is 35.5. The largest absolute Gasteiger partial charge is 0.354 e. The first-order chi connectivity index (χ1) is 9.93. The molecule has 0 aliphatic rings. The standard InChI is InChI=1S/C15H20Cl2N2O2/c1-3-15(21)18-7-9-19(11(2)20)8-6-12-4-5-13(16)10-14(12)17/h4-5,10H,3,6-9H2,1-2H3,(H,18,21). The van der Waals surface area contributed by atoms with Crippen LogP contribution in [0.1, 0.15) is 25.8 Å². The molecule has 1 aromatic carbocycles. The summed E-state index contributed by atoms with van der Waals surface area (Å²) in [5, 5.41) is 3.95. The molecular formula is C15H20Cl2N2O2. The minimum absolute atomic E-state index is 0.0146. The van der Waals surface area contributed by atoms with Gasteiger partial charge in [-0.05, 0) is 24.1 Å². The monoisotopic (exact) mass is 330 g/mol. The molecule has 0 unspecified atom stereocenters. The first-order valence-electron chi connectivity index (χ1n) is 6.90. The summed E-state index contributed by atoms with van der Waals surface area (Å²) in [7, 11) is 0. The Hall–Kier alpha value is -1.26. The van der Waals surface area contributed by atoms with E-state index in [1.807, 2.05) is 6.07 Å². The Morgan fingerprint density at radius 2 is 1.95 bits per heavy atom. The zero-order chi connectivity index (χ0) is 15.8. The topological polar surface area (TPSA) is 49.4 Å². The van der Waals surface area contributed by atoms with Crippen LogP contribution in [0.5, 0.6) is 0 Å². The van der Waals surface area contributed by atoms with Gasteiger partial charge in [-0.25, -0.2) is 0 Å². The van der Waals surface area contributed by atoms with Gasteiger partial charge in [0.05, 0.1) is 0 Å². The van der Waals surface area contributed by atoms with Gasteiger partial charge < -0.3 is 10.2 Å². The highest BCUT2D eigenvalue weighted by Gasteiger charge is 2.10. The van der Waals surface area contributed by atoms with Crippen molar-refractivity contribution in [2.45, 2.75) is 26.7 Å². The summed E-state index contributed by atoms with van der Waals surface area (Å²) in [6.45, 7) is 4.82. The molecule has 4 nitrogen and oxygen atoms in total. The lowest BCUT2D eigenvalue weighted by Gasteiger charge is -2.21. The number of nitrogens with one attached hydrogen (secondary N) is 1. The van der Waals surface area contributed by atoms with E-state index in [0.717, 1.165) is 5.56 Å². The number of benzene rings is 1. The smallest absolute Gasteiger partial charge is 0.219 e. The van der Waals surface area contributed by atoms with E-state index in [4.69, 9.17) is 23.2 Å². The molecule has 0 fully saturated rings. The first-order valence-corrected chi connectivity index (χ1v) is 7.65. The van der Waals surface area contributed by atoms with Crippen LogP contribution < -0.4 is 5.32 Å². The van der Waals surface area contributed by atoms with Crippen LogP contribution in [0.25, 0.3) is 0 Å². The third-order valence-corrected chi connectivity index (χ3v) is 3.72. The number of hydrogen-bond donors (Lipinski definition) is 1. The molecule has 0 aliphatic carbocycles. The predicted octanol–water partition coefficient (Wildman–Crippen LogP) is 2.91. The van der Waals surface area contributed by atoms with Crippen molar-refractivity contribution in [2.75, 3.05) is 19.6 Å². The molecule has 0 radical (unpaired) electrons. The second kappa shape index (κ2) is 8.90.